The van der Waals surface area contributed by atoms with E-state index in [-0.39, 0.29) is 11.3 Å². The molecule has 3 nitrogen and oxygen atoms in total. The Morgan fingerprint density at radius 3 is 2.68 bits per heavy atom. The third-order valence-electron chi connectivity index (χ3n) is 2.98. The van der Waals surface area contributed by atoms with Gasteiger partial charge in [0.05, 0.1) is 12.7 Å². The zero-order valence-electron chi connectivity index (χ0n) is 10.2. The third kappa shape index (κ3) is 1.81. The topological polar surface area (TPSA) is 42.6 Å². The molecule has 1 heterocycles. The molecule has 0 amide bonds. The highest BCUT2D eigenvalue weighted by atomic mass is 19.1. The molecule has 0 aliphatic heterocycles. The molecule has 1 aromatic heterocycles. The number of halogens is 1. The van der Waals surface area contributed by atoms with Gasteiger partial charge in [-0.25, -0.2) is 4.39 Å². The summed E-state index contributed by atoms with van der Waals surface area (Å²) in [4.78, 5) is 0. The van der Waals surface area contributed by atoms with E-state index in [4.69, 9.17) is 9.15 Å². The number of phenolic OH excluding ortho intramolecular Hbond substituents is 1. The summed E-state index contributed by atoms with van der Waals surface area (Å²) in [7, 11) is 1.47. The van der Waals surface area contributed by atoms with E-state index in [1.165, 1.54) is 13.2 Å². The molecule has 1 N–H and O–H groups in total. The fourth-order valence-corrected chi connectivity index (χ4v) is 2.05. The fourth-order valence-electron chi connectivity index (χ4n) is 2.05. The lowest BCUT2D eigenvalue weighted by Crippen LogP contribution is -1.85. The number of phenols is 1. The lowest BCUT2D eigenvalue weighted by Gasteiger charge is -2.06. The molecule has 0 saturated heterocycles. The summed E-state index contributed by atoms with van der Waals surface area (Å²) >= 11 is 0. The molecule has 3 rings (SSSR count). The lowest BCUT2D eigenvalue weighted by atomic mass is 10.1. The molecule has 0 aliphatic rings. The van der Waals surface area contributed by atoms with Crippen molar-refractivity contribution in [2.24, 2.45) is 0 Å². The van der Waals surface area contributed by atoms with Gasteiger partial charge in [-0.05, 0) is 24.3 Å². The van der Waals surface area contributed by atoms with Crippen LogP contribution in [0.2, 0.25) is 0 Å². The number of ether oxygens (including phenoxy) is 1. The van der Waals surface area contributed by atoms with Crippen LogP contribution in [0.25, 0.3) is 22.3 Å². The molecule has 0 saturated carbocycles. The number of para-hydroxylation sites is 2. The van der Waals surface area contributed by atoms with Crippen LogP contribution in [0, 0.1) is 5.82 Å². The first-order valence-electron chi connectivity index (χ1n) is 5.75. The Hall–Kier alpha value is -2.49. The molecule has 19 heavy (non-hydrogen) atoms. The average molecular weight is 258 g/mol. The largest absolute Gasteiger partial charge is 0.504 e. The minimum absolute atomic E-state index is 0.0236. The van der Waals surface area contributed by atoms with Crippen molar-refractivity contribution in [1.82, 2.24) is 0 Å². The van der Waals surface area contributed by atoms with Crippen molar-refractivity contribution in [3.63, 3.8) is 0 Å². The first-order valence-corrected chi connectivity index (χ1v) is 5.75. The second-order valence-corrected chi connectivity index (χ2v) is 4.13. The van der Waals surface area contributed by atoms with E-state index in [0.29, 0.717) is 22.5 Å². The minimum Gasteiger partial charge on any atom is -0.504 e. The molecule has 3 aromatic rings. The van der Waals surface area contributed by atoms with Crippen molar-refractivity contribution in [3.8, 4) is 22.8 Å². The maximum Gasteiger partial charge on any atom is 0.170 e. The van der Waals surface area contributed by atoms with Crippen molar-refractivity contribution in [2.75, 3.05) is 7.11 Å². The Morgan fingerprint density at radius 2 is 1.95 bits per heavy atom. The molecular formula is C15H11FO3. The van der Waals surface area contributed by atoms with Crippen molar-refractivity contribution in [1.29, 1.82) is 0 Å². The van der Waals surface area contributed by atoms with Crippen LogP contribution in [0.5, 0.6) is 11.5 Å². The van der Waals surface area contributed by atoms with Crippen LogP contribution in [0.1, 0.15) is 0 Å². The molecule has 0 aliphatic carbocycles. The highest BCUT2D eigenvalue weighted by molar-refractivity contribution is 5.84. The van der Waals surface area contributed by atoms with E-state index in [0.717, 1.165) is 0 Å². The summed E-state index contributed by atoms with van der Waals surface area (Å²) < 4.78 is 24.1. The van der Waals surface area contributed by atoms with Gasteiger partial charge in [-0.1, -0.05) is 18.2 Å². The van der Waals surface area contributed by atoms with Crippen LogP contribution in [0.15, 0.2) is 46.9 Å². The molecule has 0 fully saturated rings. The molecular weight excluding hydrogens is 247 g/mol. The van der Waals surface area contributed by atoms with Gasteiger partial charge in [0.2, 0.25) is 0 Å². The Kier molecular flexibility index (Phi) is 2.63. The number of hydrogen-bond donors (Lipinski definition) is 1. The van der Waals surface area contributed by atoms with E-state index < -0.39 is 5.82 Å². The number of methoxy groups -OCH3 is 1. The second-order valence-electron chi connectivity index (χ2n) is 4.13. The Labute approximate surface area is 108 Å². The minimum atomic E-state index is -0.425. The molecule has 2 aromatic carbocycles. The predicted octanol–water partition coefficient (Wildman–Crippen LogP) is 3.95. The molecule has 0 atom stereocenters. The first kappa shape index (κ1) is 11.6. The summed E-state index contributed by atoms with van der Waals surface area (Å²) in [6, 6.07) is 11.5. The Bertz CT molecular complexity index is 746. The normalized spacial score (nSPS) is 10.8. The van der Waals surface area contributed by atoms with Crippen molar-refractivity contribution < 1.29 is 18.7 Å². The molecule has 0 spiro atoms. The van der Waals surface area contributed by atoms with Gasteiger partial charge in [-0.15, -0.1) is 0 Å². The standard InChI is InChI=1S/C15H11FO3/c1-18-12-7-3-5-10(14(12)17)13-8-9-4-2-6-11(16)15(9)19-13/h2-8,17H,1H3. The zero-order chi connectivity index (χ0) is 13.4. The zero-order valence-corrected chi connectivity index (χ0v) is 10.2. The van der Waals surface area contributed by atoms with Gasteiger partial charge < -0.3 is 14.3 Å². The first-order chi connectivity index (χ1) is 9.20. The highest BCUT2D eigenvalue weighted by Gasteiger charge is 2.15. The Balaban J connectivity index is 2.22. The van der Waals surface area contributed by atoms with E-state index in [1.54, 1.807) is 36.4 Å². The van der Waals surface area contributed by atoms with Crippen molar-refractivity contribution in [3.05, 3.63) is 48.3 Å². The summed E-state index contributed by atoms with van der Waals surface area (Å²) in [5.41, 5.74) is 0.648. The van der Waals surface area contributed by atoms with Gasteiger partial charge in [0, 0.05) is 5.39 Å². The molecule has 0 bridgehead atoms. The summed E-state index contributed by atoms with van der Waals surface area (Å²) in [5, 5.41) is 10.7. The van der Waals surface area contributed by atoms with Gasteiger partial charge in [0.15, 0.2) is 22.9 Å². The van der Waals surface area contributed by atoms with Gasteiger partial charge in [-0.2, -0.15) is 0 Å². The van der Waals surface area contributed by atoms with Crippen LogP contribution >= 0.6 is 0 Å². The van der Waals surface area contributed by atoms with Gasteiger partial charge in [0.25, 0.3) is 0 Å². The fraction of sp³-hybridized carbons (Fsp3) is 0.0667. The van der Waals surface area contributed by atoms with E-state index in [2.05, 4.69) is 0 Å². The maximum atomic E-state index is 13.6. The number of benzene rings is 2. The predicted molar refractivity (Wildman–Crippen MR) is 69.8 cm³/mol. The van der Waals surface area contributed by atoms with E-state index in [1.807, 2.05) is 0 Å². The van der Waals surface area contributed by atoms with E-state index >= 15 is 0 Å². The monoisotopic (exact) mass is 258 g/mol. The lowest BCUT2D eigenvalue weighted by molar-refractivity contribution is 0.374. The summed E-state index contributed by atoms with van der Waals surface area (Å²) in [5.74, 6) is 0.297. The van der Waals surface area contributed by atoms with Crippen molar-refractivity contribution >= 4 is 11.0 Å². The number of rotatable bonds is 2. The van der Waals surface area contributed by atoms with Crippen molar-refractivity contribution in [2.45, 2.75) is 0 Å². The molecule has 0 unspecified atom stereocenters. The van der Waals surface area contributed by atoms with Crippen LogP contribution in [0.4, 0.5) is 4.39 Å². The number of hydrogen-bond acceptors (Lipinski definition) is 3. The smallest absolute Gasteiger partial charge is 0.170 e. The number of fused-ring (bicyclic) bond motifs is 1. The number of furan rings is 1. The highest BCUT2D eigenvalue weighted by Crippen LogP contribution is 2.39. The summed E-state index contributed by atoms with van der Waals surface area (Å²) in [6.07, 6.45) is 0. The molecule has 96 valence electrons. The van der Waals surface area contributed by atoms with Gasteiger partial charge >= 0.3 is 0 Å². The van der Waals surface area contributed by atoms with E-state index in [9.17, 15) is 9.50 Å². The maximum absolute atomic E-state index is 13.6. The second kappa shape index (κ2) is 4.31. The van der Waals surface area contributed by atoms with Gasteiger partial charge in [0.1, 0.15) is 5.76 Å². The summed E-state index contributed by atoms with van der Waals surface area (Å²) in [6.45, 7) is 0. The SMILES string of the molecule is COc1cccc(-c2cc3cccc(F)c3o2)c1O. The van der Waals surface area contributed by atoms with Crippen LogP contribution in [-0.2, 0) is 0 Å². The van der Waals surface area contributed by atoms with Crippen LogP contribution in [0.3, 0.4) is 0 Å². The molecule has 0 radical (unpaired) electrons. The third-order valence-corrected chi connectivity index (χ3v) is 2.98. The molecule has 4 heteroatoms. The van der Waals surface area contributed by atoms with Gasteiger partial charge in [-0.3, -0.25) is 0 Å². The van der Waals surface area contributed by atoms with Crippen LogP contribution in [-0.4, -0.2) is 12.2 Å². The quantitative estimate of drug-likeness (QED) is 0.756. The average Bonchev–Trinajstić information content (AvgIpc) is 2.84. The number of aromatic hydroxyl groups is 1. The Morgan fingerprint density at radius 1 is 1.16 bits per heavy atom. The van der Waals surface area contributed by atoms with Crippen LogP contribution < -0.4 is 4.74 Å².